The molecule has 0 radical (unpaired) electrons. The molecule has 1 aliphatic heterocycles. The Balaban J connectivity index is 2.08. The molecule has 0 aliphatic carbocycles. The van der Waals surface area contributed by atoms with Gasteiger partial charge >= 0.3 is 0 Å². The minimum Gasteiger partial charge on any atom is -0.493 e. The van der Waals surface area contributed by atoms with Crippen LogP contribution in [0.5, 0.6) is 17.2 Å². The summed E-state index contributed by atoms with van der Waals surface area (Å²) in [5.74, 6) is 2.26. The zero-order chi connectivity index (χ0) is 18.8. The number of aryl methyl sites for hydroxylation is 2. The number of carbonyl (C=O) groups excluding carboxylic acids is 1. The summed E-state index contributed by atoms with van der Waals surface area (Å²) >= 11 is 1.60. The van der Waals surface area contributed by atoms with Gasteiger partial charge in [-0.2, -0.15) is 0 Å². The summed E-state index contributed by atoms with van der Waals surface area (Å²) in [5, 5.41) is -0.141. The third-order valence-electron chi connectivity index (χ3n) is 4.45. The molecule has 0 aromatic heterocycles. The summed E-state index contributed by atoms with van der Waals surface area (Å²) < 4.78 is 16.3. The lowest BCUT2D eigenvalue weighted by atomic mass is 10.1. The lowest BCUT2D eigenvalue weighted by Crippen LogP contribution is -2.28. The second-order valence-corrected chi connectivity index (χ2v) is 7.24. The van der Waals surface area contributed by atoms with Gasteiger partial charge < -0.3 is 14.2 Å². The van der Waals surface area contributed by atoms with Crippen molar-refractivity contribution in [3.8, 4) is 17.2 Å². The fraction of sp³-hybridized carbons (Fsp3) is 0.350. The van der Waals surface area contributed by atoms with Crippen LogP contribution in [0, 0.1) is 13.8 Å². The van der Waals surface area contributed by atoms with Gasteiger partial charge in [-0.1, -0.05) is 17.7 Å². The molecule has 2 aromatic rings. The van der Waals surface area contributed by atoms with E-state index in [2.05, 4.69) is 6.07 Å². The van der Waals surface area contributed by atoms with Crippen molar-refractivity contribution in [2.75, 3.05) is 32.0 Å². The molecule has 1 aliphatic rings. The summed E-state index contributed by atoms with van der Waals surface area (Å²) in [6.45, 7) is 4.08. The van der Waals surface area contributed by atoms with Gasteiger partial charge in [-0.05, 0) is 43.2 Å². The van der Waals surface area contributed by atoms with Crippen LogP contribution in [0.15, 0.2) is 30.3 Å². The van der Waals surface area contributed by atoms with E-state index in [1.54, 1.807) is 33.1 Å². The molecule has 6 heteroatoms. The molecule has 2 aromatic carbocycles. The van der Waals surface area contributed by atoms with Crippen LogP contribution in [0.3, 0.4) is 0 Å². The molecule has 0 N–H and O–H groups in total. The quantitative estimate of drug-likeness (QED) is 0.789. The molecule has 1 saturated heterocycles. The first-order chi connectivity index (χ1) is 12.5. The second kappa shape index (κ2) is 7.50. The molecular weight excluding hydrogens is 350 g/mol. The maximum Gasteiger partial charge on any atom is 0.238 e. The van der Waals surface area contributed by atoms with E-state index < -0.39 is 0 Å². The molecule has 3 rings (SSSR count). The summed E-state index contributed by atoms with van der Waals surface area (Å²) in [5.41, 5.74) is 4.13. The SMILES string of the molecule is COc1cc([C@@H]2SCC(=O)N2c2ccc(C)cc2C)cc(OC)c1OC. The average molecular weight is 373 g/mol. The van der Waals surface area contributed by atoms with Crippen LogP contribution in [0.1, 0.15) is 22.1 Å². The van der Waals surface area contributed by atoms with E-state index in [0.29, 0.717) is 23.0 Å². The van der Waals surface area contributed by atoms with E-state index in [1.807, 2.05) is 43.0 Å². The van der Waals surface area contributed by atoms with Gasteiger partial charge in [0.1, 0.15) is 5.37 Å². The van der Waals surface area contributed by atoms with Crippen molar-refractivity contribution in [3.05, 3.63) is 47.0 Å². The van der Waals surface area contributed by atoms with Gasteiger partial charge in [0.25, 0.3) is 0 Å². The smallest absolute Gasteiger partial charge is 0.238 e. The summed E-state index contributed by atoms with van der Waals surface area (Å²) in [7, 11) is 4.77. The Bertz CT molecular complexity index is 812. The van der Waals surface area contributed by atoms with Crippen LogP contribution in [-0.2, 0) is 4.79 Å². The van der Waals surface area contributed by atoms with Crippen LogP contribution in [-0.4, -0.2) is 33.0 Å². The highest BCUT2D eigenvalue weighted by Gasteiger charge is 2.36. The van der Waals surface area contributed by atoms with Crippen molar-refractivity contribution in [1.29, 1.82) is 0 Å². The molecule has 1 atom stereocenters. The van der Waals surface area contributed by atoms with Crippen molar-refractivity contribution in [2.45, 2.75) is 19.2 Å². The monoisotopic (exact) mass is 373 g/mol. The molecule has 1 heterocycles. The highest BCUT2D eigenvalue weighted by Crippen LogP contribution is 2.47. The van der Waals surface area contributed by atoms with Gasteiger partial charge in [-0.15, -0.1) is 11.8 Å². The number of thioether (sulfide) groups is 1. The zero-order valence-electron chi connectivity index (χ0n) is 15.7. The third-order valence-corrected chi connectivity index (χ3v) is 5.66. The van der Waals surface area contributed by atoms with Gasteiger partial charge in [0.15, 0.2) is 11.5 Å². The molecule has 1 fully saturated rings. The van der Waals surface area contributed by atoms with E-state index in [4.69, 9.17) is 14.2 Å². The fourth-order valence-electron chi connectivity index (χ4n) is 3.25. The largest absolute Gasteiger partial charge is 0.493 e. The Hall–Kier alpha value is -2.34. The number of nitrogens with zero attached hydrogens (tertiary/aromatic N) is 1. The van der Waals surface area contributed by atoms with Crippen molar-refractivity contribution in [2.24, 2.45) is 0 Å². The first kappa shape index (κ1) is 18.5. The Morgan fingerprint density at radius 3 is 2.19 bits per heavy atom. The predicted octanol–water partition coefficient (Wildman–Crippen LogP) is 4.11. The number of amides is 1. The summed E-state index contributed by atoms with van der Waals surface area (Å²) in [6.07, 6.45) is 0. The number of rotatable bonds is 5. The van der Waals surface area contributed by atoms with E-state index in [9.17, 15) is 4.79 Å². The van der Waals surface area contributed by atoms with Gasteiger partial charge in [-0.25, -0.2) is 0 Å². The number of benzene rings is 2. The molecule has 0 bridgehead atoms. The fourth-order valence-corrected chi connectivity index (χ4v) is 4.40. The maximum absolute atomic E-state index is 12.6. The molecule has 0 unspecified atom stereocenters. The maximum atomic E-state index is 12.6. The van der Waals surface area contributed by atoms with E-state index in [1.165, 1.54) is 5.56 Å². The lowest BCUT2D eigenvalue weighted by Gasteiger charge is -2.27. The van der Waals surface area contributed by atoms with E-state index in [-0.39, 0.29) is 11.3 Å². The first-order valence-corrected chi connectivity index (χ1v) is 9.35. The Labute approximate surface area is 158 Å². The Morgan fingerprint density at radius 1 is 1.00 bits per heavy atom. The highest BCUT2D eigenvalue weighted by molar-refractivity contribution is 8.00. The van der Waals surface area contributed by atoms with Crippen LogP contribution in [0.25, 0.3) is 0 Å². The van der Waals surface area contributed by atoms with Crippen LogP contribution in [0.4, 0.5) is 5.69 Å². The highest BCUT2D eigenvalue weighted by atomic mass is 32.2. The van der Waals surface area contributed by atoms with Gasteiger partial charge in [-0.3, -0.25) is 9.69 Å². The first-order valence-electron chi connectivity index (χ1n) is 8.31. The number of hydrogen-bond donors (Lipinski definition) is 0. The topological polar surface area (TPSA) is 48.0 Å². The number of carbonyl (C=O) groups is 1. The van der Waals surface area contributed by atoms with E-state index in [0.717, 1.165) is 16.8 Å². The minimum absolute atomic E-state index is 0.0979. The summed E-state index contributed by atoms with van der Waals surface area (Å²) in [6, 6.07) is 9.96. The van der Waals surface area contributed by atoms with Crippen molar-refractivity contribution < 1.29 is 19.0 Å². The van der Waals surface area contributed by atoms with Crippen molar-refractivity contribution in [1.82, 2.24) is 0 Å². The predicted molar refractivity (Wildman–Crippen MR) is 105 cm³/mol. The van der Waals surface area contributed by atoms with Gasteiger partial charge in [0.05, 0.1) is 27.1 Å². The standard InChI is InChI=1S/C20H23NO4S/c1-12-6-7-15(13(2)8-12)21-18(22)11-26-20(21)14-9-16(23-3)19(25-5)17(10-14)24-4/h6-10,20H,11H2,1-5H3/t20-/m0/s1. The van der Waals surface area contributed by atoms with Crippen LogP contribution >= 0.6 is 11.8 Å². The molecule has 1 amide bonds. The van der Waals surface area contributed by atoms with Gasteiger partial charge in [0, 0.05) is 5.69 Å². The second-order valence-electron chi connectivity index (χ2n) is 6.18. The normalized spacial score (nSPS) is 16.7. The third kappa shape index (κ3) is 3.21. The van der Waals surface area contributed by atoms with Crippen LogP contribution < -0.4 is 19.1 Å². The van der Waals surface area contributed by atoms with Gasteiger partial charge in [0.2, 0.25) is 11.7 Å². The Morgan fingerprint density at radius 2 is 1.65 bits per heavy atom. The molecule has 26 heavy (non-hydrogen) atoms. The number of anilines is 1. The average Bonchev–Trinajstić information content (AvgIpc) is 3.01. The zero-order valence-corrected chi connectivity index (χ0v) is 16.5. The summed E-state index contributed by atoms with van der Waals surface area (Å²) in [4.78, 5) is 14.5. The number of methoxy groups -OCH3 is 3. The molecular formula is C20H23NO4S. The van der Waals surface area contributed by atoms with Crippen LogP contribution in [0.2, 0.25) is 0 Å². The lowest BCUT2D eigenvalue weighted by molar-refractivity contribution is -0.115. The molecule has 138 valence electrons. The molecule has 0 saturated carbocycles. The number of hydrogen-bond acceptors (Lipinski definition) is 5. The van der Waals surface area contributed by atoms with E-state index >= 15 is 0 Å². The van der Waals surface area contributed by atoms with Crippen molar-refractivity contribution in [3.63, 3.8) is 0 Å². The number of ether oxygens (including phenoxy) is 3. The molecule has 5 nitrogen and oxygen atoms in total. The molecule has 0 spiro atoms. The Kier molecular flexibility index (Phi) is 5.32. The van der Waals surface area contributed by atoms with Crippen molar-refractivity contribution >= 4 is 23.4 Å². The minimum atomic E-state index is -0.141.